The second kappa shape index (κ2) is 3.39. The van der Waals surface area contributed by atoms with Gasteiger partial charge in [0.25, 0.3) is 0 Å². The van der Waals surface area contributed by atoms with Gasteiger partial charge >= 0.3 is 0 Å². The standard InChI is InChI=1S/C10H11BrFN/c11-9-7(2-1-3-8(9)12)10(13)6-4-5-6/h1-3,6,10H,4-5,13H2/t10-/m1/s1. The lowest BCUT2D eigenvalue weighted by Gasteiger charge is -2.12. The highest BCUT2D eigenvalue weighted by atomic mass is 79.9. The van der Waals surface area contributed by atoms with Gasteiger partial charge in [0.2, 0.25) is 0 Å². The summed E-state index contributed by atoms with van der Waals surface area (Å²) in [4.78, 5) is 0. The summed E-state index contributed by atoms with van der Waals surface area (Å²) in [5.41, 5.74) is 6.86. The molecule has 0 aliphatic heterocycles. The van der Waals surface area contributed by atoms with Gasteiger partial charge in [-0.15, -0.1) is 0 Å². The maximum Gasteiger partial charge on any atom is 0.137 e. The predicted molar refractivity (Wildman–Crippen MR) is 53.8 cm³/mol. The maximum absolute atomic E-state index is 13.1. The second-order valence-electron chi connectivity index (χ2n) is 3.51. The van der Waals surface area contributed by atoms with E-state index in [9.17, 15) is 4.39 Å². The average Bonchev–Trinajstić information content (AvgIpc) is 2.91. The first-order chi connectivity index (χ1) is 6.20. The first-order valence-corrected chi connectivity index (χ1v) is 5.19. The minimum atomic E-state index is -0.228. The largest absolute Gasteiger partial charge is 0.324 e. The van der Waals surface area contributed by atoms with Crippen molar-refractivity contribution in [1.82, 2.24) is 0 Å². The summed E-state index contributed by atoms with van der Waals surface area (Å²) in [6.07, 6.45) is 2.34. The van der Waals surface area contributed by atoms with Gasteiger partial charge in [-0.1, -0.05) is 12.1 Å². The molecular weight excluding hydrogens is 233 g/mol. The van der Waals surface area contributed by atoms with Crippen molar-refractivity contribution in [3.63, 3.8) is 0 Å². The number of hydrogen-bond acceptors (Lipinski definition) is 1. The Kier molecular flexibility index (Phi) is 2.39. The van der Waals surface area contributed by atoms with Gasteiger partial charge in [-0.3, -0.25) is 0 Å². The highest BCUT2D eigenvalue weighted by molar-refractivity contribution is 9.10. The molecule has 0 saturated heterocycles. The Balaban J connectivity index is 2.32. The molecule has 13 heavy (non-hydrogen) atoms. The van der Waals surface area contributed by atoms with Crippen molar-refractivity contribution in [3.8, 4) is 0 Å². The molecule has 1 atom stereocenters. The first-order valence-electron chi connectivity index (χ1n) is 4.39. The zero-order valence-corrected chi connectivity index (χ0v) is 8.72. The Morgan fingerprint density at radius 3 is 2.77 bits per heavy atom. The van der Waals surface area contributed by atoms with Gasteiger partial charge in [-0.25, -0.2) is 4.39 Å². The highest BCUT2D eigenvalue weighted by Crippen LogP contribution is 2.41. The molecule has 0 amide bonds. The van der Waals surface area contributed by atoms with Crippen LogP contribution < -0.4 is 5.73 Å². The topological polar surface area (TPSA) is 26.0 Å². The lowest BCUT2D eigenvalue weighted by molar-refractivity contribution is 0.593. The average molecular weight is 244 g/mol. The molecule has 3 heteroatoms. The van der Waals surface area contributed by atoms with Gasteiger partial charge in [-0.2, -0.15) is 0 Å². The van der Waals surface area contributed by atoms with E-state index in [1.165, 1.54) is 18.9 Å². The Hall–Kier alpha value is -0.410. The van der Waals surface area contributed by atoms with Crippen molar-refractivity contribution in [2.45, 2.75) is 18.9 Å². The Morgan fingerprint density at radius 2 is 2.15 bits per heavy atom. The van der Waals surface area contributed by atoms with Crippen LogP contribution in [0.3, 0.4) is 0 Å². The molecule has 1 saturated carbocycles. The van der Waals surface area contributed by atoms with E-state index in [0.717, 1.165) is 5.56 Å². The number of hydrogen-bond donors (Lipinski definition) is 1. The lowest BCUT2D eigenvalue weighted by atomic mass is 10.0. The molecule has 1 aliphatic rings. The van der Waals surface area contributed by atoms with E-state index in [0.29, 0.717) is 10.4 Å². The van der Waals surface area contributed by atoms with Gasteiger partial charge < -0.3 is 5.73 Å². The van der Waals surface area contributed by atoms with E-state index in [1.807, 2.05) is 6.07 Å². The SMILES string of the molecule is N[C@@H](c1cccc(F)c1Br)C1CC1. The van der Waals surface area contributed by atoms with Crippen molar-refractivity contribution in [2.75, 3.05) is 0 Å². The summed E-state index contributed by atoms with van der Waals surface area (Å²) < 4.78 is 13.6. The predicted octanol–water partition coefficient (Wildman–Crippen LogP) is 3.00. The third-order valence-electron chi connectivity index (χ3n) is 2.47. The van der Waals surface area contributed by atoms with Gasteiger partial charge in [-0.05, 0) is 46.3 Å². The minimum Gasteiger partial charge on any atom is -0.324 e. The number of rotatable bonds is 2. The molecule has 2 rings (SSSR count). The molecule has 1 aromatic carbocycles. The first kappa shape index (κ1) is 9.16. The molecule has 1 nitrogen and oxygen atoms in total. The number of benzene rings is 1. The number of halogens is 2. The Morgan fingerprint density at radius 1 is 1.46 bits per heavy atom. The summed E-state index contributed by atoms with van der Waals surface area (Å²) >= 11 is 3.22. The maximum atomic E-state index is 13.1. The summed E-state index contributed by atoms with van der Waals surface area (Å²) in [5.74, 6) is 0.326. The fraction of sp³-hybridized carbons (Fsp3) is 0.400. The van der Waals surface area contributed by atoms with Crippen molar-refractivity contribution >= 4 is 15.9 Å². The van der Waals surface area contributed by atoms with E-state index in [-0.39, 0.29) is 11.9 Å². The monoisotopic (exact) mass is 243 g/mol. The molecule has 0 heterocycles. The molecule has 0 spiro atoms. The smallest absolute Gasteiger partial charge is 0.137 e. The molecule has 70 valence electrons. The fourth-order valence-electron chi connectivity index (χ4n) is 1.49. The molecule has 0 radical (unpaired) electrons. The fourth-order valence-corrected chi connectivity index (χ4v) is 2.02. The zero-order chi connectivity index (χ0) is 9.42. The normalized spacial score (nSPS) is 18.7. The van der Waals surface area contributed by atoms with Crippen LogP contribution in [0.2, 0.25) is 0 Å². The molecule has 0 unspecified atom stereocenters. The van der Waals surface area contributed by atoms with Crippen molar-refractivity contribution < 1.29 is 4.39 Å². The van der Waals surface area contributed by atoms with Gasteiger partial charge in [0.15, 0.2) is 0 Å². The van der Waals surface area contributed by atoms with Gasteiger partial charge in [0, 0.05) is 6.04 Å². The van der Waals surface area contributed by atoms with Crippen LogP contribution >= 0.6 is 15.9 Å². The van der Waals surface area contributed by atoms with E-state index < -0.39 is 0 Å². The van der Waals surface area contributed by atoms with Crippen molar-refractivity contribution in [1.29, 1.82) is 0 Å². The van der Waals surface area contributed by atoms with Crippen LogP contribution in [0.15, 0.2) is 22.7 Å². The zero-order valence-electron chi connectivity index (χ0n) is 7.13. The van der Waals surface area contributed by atoms with Crippen LogP contribution in [-0.2, 0) is 0 Å². The van der Waals surface area contributed by atoms with Gasteiger partial charge in [0.05, 0.1) is 4.47 Å². The van der Waals surface area contributed by atoms with Crippen LogP contribution in [0.1, 0.15) is 24.4 Å². The summed E-state index contributed by atoms with van der Waals surface area (Å²) in [6.45, 7) is 0. The van der Waals surface area contributed by atoms with E-state index in [2.05, 4.69) is 15.9 Å². The van der Waals surface area contributed by atoms with Crippen LogP contribution in [-0.4, -0.2) is 0 Å². The minimum absolute atomic E-state index is 0.00919. The lowest BCUT2D eigenvalue weighted by Crippen LogP contribution is -2.13. The number of nitrogens with two attached hydrogens (primary N) is 1. The Bertz CT molecular complexity index is 323. The van der Waals surface area contributed by atoms with Gasteiger partial charge in [0.1, 0.15) is 5.82 Å². The molecule has 2 N–H and O–H groups in total. The van der Waals surface area contributed by atoms with Crippen LogP contribution in [0.25, 0.3) is 0 Å². The molecule has 0 aromatic heterocycles. The molecule has 1 aliphatic carbocycles. The van der Waals surface area contributed by atoms with E-state index in [1.54, 1.807) is 6.07 Å². The van der Waals surface area contributed by atoms with Crippen molar-refractivity contribution in [3.05, 3.63) is 34.1 Å². The van der Waals surface area contributed by atoms with E-state index in [4.69, 9.17) is 5.73 Å². The molecule has 1 aromatic rings. The molecule has 0 bridgehead atoms. The highest BCUT2D eigenvalue weighted by Gasteiger charge is 2.30. The quantitative estimate of drug-likeness (QED) is 0.850. The van der Waals surface area contributed by atoms with E-state index >= 15 is 0 Å². The second-order valence-corrected chi connectivity index (χ2v) is 4.30. The van der Waals surface area contributed by atoms with Crippen LogP contribution in [0, 0.1) is 11.7 Å². The summed E-state index contributed by atoms with van der Waals surface area (Å²) in [5, 5.41) is 0. The third-order valence-corrected chi connectivity index (χ3v) is 3.31. The molecule has 1 fully saturated rings. The molecular formula is C10H11BrFN. The summed E-state index contributed by atoms with van der Waals surface area (Å²) in [6, 6.07) is 5.02. The Labute approximate surface area is 85.3 Å². The van der Waals surface area contributed by atoms with Crippen LogP contribution in [0.5, 0.6) is 0 Å². The van der Waals surface area contributed by atoms with Crippen molar-refractivity contribution in [2.24, 2.45) is 11.7 Å². The van der Waals surface area contributed by atoms with Crippen LogP contribution in [0.4, 0.5) is 4.39 Å². The summed E-state index contributed by atoms with van der Waals surface area (Å²) in [7, 11) is 0. The third kappa shape index (κ3) is 1.76.